The Morgan fingerprint density at radius 2 is 1.91 bits per heavy atom. The molecule has 33 heavy (non-hydrogen) atoms. The first-order valence-corrected chi connectivity index (χ1v) is 13.2. The fourth-order valence-electron chi connectivity index (χ4n) is 2.69. The molecule has 0 amide bonds. The zero-order chi connectivity index (χ0) is 23.4. The SMILES string of the molecule is N#CC(=CNc1ccc(S(=O)(=O)Nc2nccs2)cc1)c1nc(-c2ccc(Cl)cc2Cl)cs1. The number of benzene rings is 2. The Morgan fingerprint density at radius 3 is 2.58 bits per heavy atom. The first-order valence-electron chi connectivity index (χ1n) is 9.16. The zero-order valence-corrected chi connectivity index (χ0v) is 20.5. The Balaban J connectivity index is 1.49. The third-order valence-corrected chi connectivity index (χ3v) is 7.86. The predicted molar refractivity (Wildman–Crippen MR) is 134 cm³/mol. The van der Waals surface area contributed by atoms with Gasteiger partial charge < -0.3 is 5.32 Å². The van der Waals surface area contributed by atoms with Crippen molar-refractivity contribution in [3.8, 4) is 17.3 Å². The lowest BCUT2D eigenvalue weighted by atomic mass is 10.2. The lowest BCUT2D eigenvalue weighted by Crippen LogP contribution is -2.12. The van der Waals surface area contributed by atoms with Crippen molar-refractivity contribution < 1.29 is 8.42 Å². The summed E-state index contributed by atoms with van der Waals surface area (Å²) in [7, 11) is -3.73. The molecule has 0 saturated heterocycles. The lowest BCUT2D eigenvalue weighted by molar-refractivity contribution is 0.601. The molecule has 166 valence electrons. The van der Waals surface area contributed by atoms with E-state index in [0.717, 1.165) is 5.56 Å². The van der Waals surface area contributed by atoms with Gasteiger partial charge in [-0.15, -0.1) is 22.7 Å². The van der Waals surface area contributed by atoms with Crippen LogP contribution in [0.4, 0.5) is 10.8 Å². The second kappa shape index (κ2) is 9.91. The maximum absolute atomic E-state index is 12.4. The second-order valence-electron chi connectivity index (χ2n) is 6.44. The van der Waals surface area contributed by atoms with Gasteiger partial charge in [-0.1, -0.05) is 23.2 Å². The van der Waals surface area contributed by atoms with Crippen molar-refractivity contribution in [1.29, 1.82) is 5.26 Å². The molecule has 0 fully saturated rings. The fraction of sp³-hybridized carbons (Fsp3) is 0. The summed E-state index contributed by atoms with van der Waals surface area (Å²) in [6.07, 6.45) is 3.04. The van der Waals surface area contributed by atoms with E-state index in [2.05, 4.69) is 26.1 Å². The summed E-state index contributed by atoms with van der Waals surface area (Å²) in [4.78, 5) is 8.52. The molecule has 2 heterocycles. The minimum absolute atomic E-state index is 0.0946. The van der Waals surface area contributed by atoms with Gasteiger partial charge in [0.05, 0.1) is 15.6 Å². The van der Waals surface area contributed by atoms with Crippen LogP contribution in [0.1, 0.15) is 5.01 Å². The van der Waals surface area contributed by atoms with Gasteiger partial charge in [0.25, 0.3) is 10.0 Å². The number of hydrogen-bond acceptors (Lipinski definition) is 8. The quantitative estimate of drug-likeness (QED) is 0.268. The van der Waals surface area contributed by atoms with Crippen LogP contribution < -0.4 is 10.0 Å². The Kier molecular flexibility index (Phi) is 6.97. The van der Waals surface area contributed by atoms with Crippen LogP contribution >= 0.6 is 45.9 Å². The summed E-state index contributed by atoms with van der Waals surface area (Å²) >= 11 is 14.7. The molecule has 0 saturated carbocycles. The summed E-state index contributed by atoms with van der Waals surface area (Å²) < 4.78 is 27.3. The van der Waals surface area contributed by atoms with E-state index < -0.39 is 10.0 Å². The van der Waals surface area contributed by atoms with Crippen molar-refractivity contribution in [1.82, 2.24) is 9.97 Å². The van der Waals surface area contributed by atoms with Crippen LogP contribution in [0.3, 0.4) is 0 Å². The van der Waals surface area contributed by atoms with Crippen LogP contribution in [-0.4, -0.2) is 18.4 Å². The number of anilines is 2. The largest absolute Gasteiger partial charge is 0.360 e. The Bertz CT molecular complexity index is 1460. The molecule has 0 unspecified atom stereocenters. The van der Waals surface area contributed by atoms with Crippen LogP contribution in [0.15, 0.2) is 70.5 Å². The van der Waals surface area contributed by atoms with Crippen molar-refractivity contribution in [2.45, 2.75) is 4.90 Å². The average Bonchev–Trinajstić information content (AvgIpc) is 3.47. The van der Waals surface area contributed by atoms with Crippen LogP contribution in [0.5, 0.6) is 0 Å². The van der Waals surface area contributed by atoms with E-state index in [0.29, 0.717) is 37.1 Å². The zero-order valence-electron chi connectivity index (χ0n) is 16.5. The highest BCUT2D eigenvalue weighted by atomic mass is 35.5. The van der Waals surface area contributed by atoms with E-state index in [1.807, 2.05) is 5.38 Å². The third-order valence-electron chi connectivity index (χ3n) is 4.26. The van der Waals surface area contributed by atoms with Crippen molar-refractivity contribution in [2.75, 3.05) is 10.0 Å². The average molecular weight is 534 g/mol. The second-order valence-corrected chi connectivity index (χ2v) is 10.7. The minimum atomic E-state index is -3.73. The number of nitrogens with zero attached hydrogens (tertiary/aromatic N) is 3. The highest BCUT2D eigenvalue weighted by Gasteiger charge is 2.15. The van der Waals surface area contributed by atoms with Gasteiger partial charge in [-0.25, -0.2) is 18.4 Å². The molecule has 7 nitrogen and oxygen atoms in total. The molecule has 2 aromatic heterocycles. The molecule has 2 aromatic carbocycles. The van der Waals surface area contributed by atoms with E-state index >= 15 is 0 Å². The summed E-state index contributed by atoms with van der Waals surface area (Å²) in [5.41, 5.74) is 2.28. The molecule has 0 spiro atoms. The molecule has 0 atom stereocenters. The van der Waals surface area contributed by atoms with E-state index in [1.54, 1.807) is 35.7 Å². The fourth-order valence-corrected chi connectivity index (χ4v) is 5.77. The van der Waals surface area contributed by atoms with Gasteiger partial charge in [-0.3, -0.25) is 4.72 Å². The standard InChI is InChI=1S/C21H13Cl2N5O2S3/c22-14-1-6-17(18(23)9-14)19-12-32-20(27-19)13(10-24)11-26-15-2-4-16(5-3-15)33(29,30)28-21-25-7-8-31-21/h1-9,11-12,26H,(H,25,28). The molecule has 4 aromatic rings. The first-order chi connectivity index (χ1) is 15.9. The van der Waals surface area contributed by atoms with Crippen molar-refractivity contribution in [3.63, 3.8) is 0 Å². The highest BCUT2D eigenvalue weighted by molar-refractivity contribution is 7.93. The number of nitriles is 1. The van der Waals surface area contributed by atoms with Crippen molar-refractivity contribution >= 4 is 72.3 Å². The molecule has 12 heteroatoms. The molecule has 0 aliphatic carbocycles. The maximum Gasteiger partial charge on any atom is 0.263 e. The number of halogens is 2. The van der Waals surface area contributed by atoms with Gasteiger partial charge in [0.15, 0.2) is 5.13 Å². The van der Waals surface area contributed by atoms with Gasteiger partial charge >= 0.3 is 0 Å². The van der Waals surface area contributed by atoms with Crippen molar-refractivity contribution in [2.24, 2.45) is 0 Å². The molecule has 2 N–H and O–H groups in total. The number of thiazole rings is 2. The first kappa shape index (κ1) is 23.2. The van der Waals surface area contributed by atoms with Crippen LogP contribution in [0, 0.1) is 11.3 Å². The van der Waals surface area contributed by atoms with Gasteiger partial charge in [0, 0.05) is 39.4 Å². The molecule has 0 radical (unpaired) electrons. The van der Waals surface area contributed by atoms with Gasteiger partial charge in [0.1, 0.15) is 16.6 Å². The Morgan fingerprint density at radius 1 is 1.12 bits per heavy atom. The van der Waals surface area contributed by atoms with Crippen LogP contribution in [0.25, 0.3) is 16.8 Å². The van der Waals surface area contributed by atoms with Crippen LogP contribution in [-0.2, 0) is 10.0 Å². The summed E-state index contributed by atoms with van der Waals surface area (Å²) in [6, 6.07) is 13.4. The number of sulfonamides is 1. The normalized spacial score (nSPS) is 11.7. The topological polar surface area (TPSA) is 108 Å². The molecular formula is C21H13Cl2N5O2S3. The van der Waals surface area contributed by atoms with Gasteiger partial charge in [0.2, 0.25) is 0 Å². The molecular weight excluding hydrogens is 521 g/mol. The molecule has 4 rings (SSSR count). The third kappa shape index (κ3) is 5.52. The summed E-state index contributed by atoms with van der Waals surface area (Å²) in [5, 5.41) is 17.9. The number of aromatic nitrogens is 2. The number of hydrogen-bond donors (Lipinski definition) is 2. The summed E-state index contributed by atoms with van der Waals surface area (Å²) in [5.74, 6) is 0. The Labute approximate surface area is 208 Å². The van der Waals surface area contributed by atoms with E-state index in [-0.39, 0.29) is 4.90 Å². The number of rotatable bonds is 7. The van der Waals surface area contributed by atoms with E-state index in [4.69, 9.17) is 23.2 Å². The highest BCUT2D eigenvalue weighted by Crippen LogP contribution is 2.32. The predicted octanol–water partition coefficient (Wildman–Crippen LogP) is 6.35. The smallest absolute Gasteiger partial charge is 0.263 e. The maximum atomic E-state index is 12.4. The minimum Gasteiger partial charge on any atom is -0.360 e. The van der Waals surface area contributed by atoms with Gasteiger partial charge in [-0.2, -0.15) is 5.26 Å². The summed E-state index contributed by atoms with van der Waals surface area (Å²) in [6.45, 7) is 0. The Hall–Kier alpha value is -2.94. The number of nitrogens with one attached hydrogen (secondary N) is 2. The van der Waals surface area contributed by atoms with Gasteiger partial charge in [-0.05, 0) is 42.5 Å². The number of allylic oxidation sites excluding steroid dienone is 1. The molecule has 0 aliphatic rings. The molecule has 0 aliphatic heterocycles. The van der Waals surface area contributed by atoms with E-state index in [9.17, 15) is 13.7 Å². The molecule has 0 bridgehead atoms. The van der Waals surface area contributed by atoms with Crippen LogP contribution in [0.2, 0.25) is 10.0 Å². The van der Waals surface area contributed by atoms with Crippen molar-refractivity contribution in [3.05, 3.63) is 80.7 Å². The lowest BCUT2D eigenvalue weighted by Gasteiger charge is -2.06. The van der Waals surface area contributed by atoms with E-state index in [1.165, 1.54) is 47.2 Å². The monoisotopic (exact) mass is 533 g/mol.